The molecule has 0 radical (unpaired) electrons. The van der Waals surface area contributed by atoms with E-state index in [4.69, 9.17) is 0 Å². The molecule has 0 amide bonds. The molecule has 2 aliphatic heterocycles. The zero-order valence-corrected chi connectivity index (χ0v) is 18.1. The molecule has 6 heteroatoms. The van der Waals surface area contributed by atoms with Crippen LogP contribution in [0.1, 0.15) is 49.9 Å². The van der Waals surface area contributed by atoms with Crippen LogP contribution in [0.25, 0.3) is 0 Å². The van der Waals surface area contributed by atoms with E-state index in [0.29, 0.717) is 18.0 Å². The van der Waals surface area contributed by atoms with Gasteiger partial charge in [0.25, 0.3) is 0 Å². The molecule has 1 aromatic heterocycles. The lowest BCUT2D eigenvalue weighted by molar-refractivity contribution is 0.125. The Labute approximate surface area is 169 Å². The zero-order valence-electron chi connectivity index (χ0n) is 17.3. The maximum Gasteiger partial charge on any atom is 0.191 e. The van der Waals surface area contributed by atoms with Crippen LogP contribution in [-0.2, 0) is 0 Å². The molecule has 2 fully saturated rings. The van der Waals surface area contributed by atoms with Crippen LogP contribution in [0.2, 0.25) is 0 Å². The second kappa shape index (κ2) is 10.4. The van der Waals surface area contributed by atoms with Gasteiger partial charge in [-0.15, -0.1) is 11.3 Å². The highest BCUT2D eigenvalue weighted by molar-refractivity contribution is 7.10. The normalized spacial score (nSPS) is 28.3. The third-order valence-corrected chi connectivity index (χ3v) is 7.20. The van der Waals surface area contributed by atoms with Gasteiger partial charge in [-0.2, -0.15) is 0 Å². The van der Waals surface area contributed by atoms with Crippen LogP contribution in [0, 0.1) is 5.92 Å². The molecular weight excluding hydrogens is 354 g/mol. The van der Waals surface area contributed by atoms with Crippen molar-refractivity contribution < 1.29 is 0 Å². The van der Waals surface area contributed by atoms with Crippen molar-refractivity contribution in [3.8, 4) is 0 Å². The highest BCUT2D eigenvalue weighted by atomic mass is 32.1. The van der Waals surface area contributed by atoms with Crippen LogP contribution < -0.4 is 10.6 Å². The number of nitrogens with one attached hydrogen (secondary N) is 2. The first kappa shape index (κ1) is 20.6. The fourth-order valence-corrected chi connectivity index (χ4v) is 5.74. The summed E-state index contributed by atoms with van der Waals surface area (Å²) in [6.07, 6.45) is 6.56. The van der Waals surface area contributed by atoms with E-state index in [1.165, 1.54) is 50.1 Å². The smallest absolute Gasteiger partial charge is 0.191 e. The largest absolute Gasteiger partial charge is 0.356 e. The minimum absolute atomic E-state index is 0.526. The lowest BCUT2D eigenvalue weighted by Gasteiger charge is -2.39. The summed E-state index contributed by atoms with van der Waals surface area (Å²) in [7, 11) is 4.16. The van der Waals surface area contributed by atoms with Gasteiger partial charge in [-0.3, -0.25) is 14.8 Å². The quantitative estimate of drug-likeness (QED) is 0.577. The van der Waals surface area contributed by atoms with Gasteiger partial charge in [0.2, 0.25) is 0 Å². The Kier molecular flexibility index (Phi) is 7.97. The number of hydrogen-bond acceptors (Lipinski definition) is 4. The van der Waals surface area contributed by atoms with Crippen LogP contribution in [0.15, 0.2) is 22.5 Å². The summed E-state index contributed by atoms with van der Waals surface area (Å²) in [4.78, 5) is 11.1. The molecule has 0 spiro atoms. The number of aliphatic imine (C=N–C) groups is 1. The standard InChI is InChI=1S/C21H37N5S/c1-4-26-13-6-5-10-18(26)16-24-21(22-2)23-15-17-9-7-12-25(3)20(17)19-11-8-14-27-19/h8,11,14,17-18,20H,4-7,9-10,12-13,15-16H2,1-3H3,(H2,22,23,24). The van der Waals surface area contributed by atoms with Crippen molar-refractivity contribution in [3.05, 3.63) is 22.4 Å². The average Bonchev–Trinajstić information content (AvgIpc) is 3.22. The number of likely N-dealkylation sites (N-methyl/N-ethyl adjacent to an activating group) is 1. The number of piperidine rings is 2. The van der Waals surface area contributed by atoms with Crippen LogP contribution in [-0.4, -0.2) is 68.6 Å². The van der Waals surface area contributed by atoms with E-state index in [0.717, 1.165) is 25.6 Å². The summed E-state index contributed by atoms with van der Waals surface area (Å²) in [6.45, 7) is 7.83. The molecule has 5 nitrogen and oxygen atoms in total. The van der Waals surface area contributed by atoms with Gasteiger partial charge < -0.3 is 10.6 Å². The molecule has 3 unspecified atom stereocenters. The van der Waals surface area contributed by atoms with Gasteiger partial charge in [-0.1, -0.05) is 19.4 Å². The summed E-state index contributed by atoms with van der Waals surface area (Å²) in [6, 6.07) is 5.64. The molecule has 3 rings (SSSR count). The van der Waals surface area contributed by atoms with Crippen molar-refractivity contribution in [2.24, 2.45) is 10.9 Å². The van der Waals surface area contributed by atoms with E-state index in [1.54, 1.807) is 0 Å². The van der Waals surface area contributed by atoms with Gasteiger partial charge in [-0.25, -0.2) is 0 Å². The number of hydrogen-bond donors (Lipinski definition) is 2. The number of thiophene rings is 1. The molecule has 2 saturated heterocycles. The monoisotopic (exact) mass is 391 g/mol. The van der Waals surface area contributed by atoms with E-state index >= 15 is 0 Å². The van der Waals surface area contributed by atoms with Crippen molar-refractivity contribution in [1.29, 1.82) is 0 Å². The van der Waals surface area contributed by atoms with Crippen LogP contribution in [0.5, 0.6) is 0 Å². The molecule has 3 atom stereocenters. The first-order valence-electron chi connectivity index (χ1n) is 10.6. The molecule has 27 heavy (non-hydrogen) atoms. The first-order valence-corrected chi connectivity index (χ1v) is 11.5. The van der Waals surface area contributed by atoms with Crippen LogP contribution in [0.4, 0.5) is 0 Å². The third kappa shape index (κ3) is 5.46. The minimum atomic E-state index is 0.526. The van der Waals surface area contributed by atoms with Gasteiger partial charge in [0.1, 0.15) is 0 Å². The molecule has 0 saturated carbocycles. The molecule has 2 aliphatic rings. The van der Waals surface area contributed by atoms with Crippen molar-refractivity contribution in [3.63, 3.8) is 0 Å². The molecule has 3 heterocycles. The van der Waals surface area contributed by atoms with Gasteiger partial charge in [0.05, 0.1) is 0 Å². The summed E-state index contributed by atoms with van der Waals surface area (Å²) >= 11 is 1.89. The molecule has 2 N–H and O–H groups in total. The molecule has 0 aromatic carbocycles. The number of guanidine groups is 1. The molecule has 152 valence electrons. The zero-order chi connectivity index (χ0) is 19.1. The maximum atomic E-state index is 4.48. The molecule has 0 bridgehead atoms. The van der Waals surface area contributed by atoms with E-state index in [9.17, 15) is 0 Å². The van der Waals surface area contributed by atoms with Gasteiger partial charge in [-0.05, 0) is 69.7 Å². The predicted octanol–water partition coefficient (Wildman–Crippen LogP) is 3.17. The van der Waals surface area contributed by atoms with E-state index in [1.807, 2.05) is 18.4 Å². The Balaban J connectivity index is 1.52. The maximum absolute atomic E-state index is 4.48. The van der Waals surface area contributed by atoms with Gasteiger partial charge in [0, 0.05) is 37.1 Å². The van der Waals surface area contributed by atoms with E-state index < -0.39 is 0 Å². The van der Waals surface area contributed by atoms with Crippen molar-refractivity contribution in [2.45, 2.75) is 51.1 Å². The number of rotatable bonds is 6. The first-order chi connectivity index (χ1) is 13.2. The summed E-state index contributed by atoms with van der Waals surface area (Å²) in [5.41, 5.74) is 0. The minimum Gasteiger partial charge on any atom is -0.356 e. The van der Waals surface area contributed by atoms with Crippen LogP contribution >= 0.6 is 11.3 Å². The van der Waals surface area contributed by atoms with Crippen molar-refractivity contribution >= 4 is 17.3 Å². The van der Waals surface area contributed by atoms with Crippen molar-refractivity contribution in [2.75, 3.05) is 46.8 Å². The van der Waals surface area contributed by atoms with Gasteiger partial charge >= 0.3 is 0 Å². The van der Waals surface area contributed by atoms with E-state index in [2.05, 4.69) is 56.9 Å². The Morgan fingerprint density at radius 3 is 2.78 bits per heavy atom. The SMILES string of the molecule is CCN1CCCCC1CNC(=NC)NCC1CCCN(C)C1c1cccs1. The second-order valence-electron chi connectivity index (χ2n) is 7.96. The summed E-state index contributed by atoms with van der Waals surface area (Å²) in [5.74, 6) is 1.58. The molecular formula is C21H37N5S. The Hall–Kier alpha value is -1.11. The highest BCUT2D eigenvalue weighted by Crippen LogP contribution is 2.36. The summed E-state index contributed by atoms with van der Waals surface area (Å²) in [5, 5.41) is 9.41. The predicted molar refractivity (Wildman–Crippen MR) is 117 cm³/mol. The topological polar surface area (TPSA) is 42.9 Å². The average molecular weight is 392 g/mol. The Morgan fingerprint density at radius 2 is 2.04 bits per heavy atom. The number of likely N-dealkylation sites (tertiary alicyclic amines) is 2. The third-order valence-electron chi connectivity index (χ3n) is 6.26. The van der Waals surface area contributed by atoms with E-state index in [-0.39, 0.29) is 0 Å². The van der Waals surface area contributed by atoms with Crippen molar-refractivity contribution in [1.82, 2.24) is 20.4 Å². The van der Waals surface area contributed by atoms with Crippen LogP contribution in [0.3, 0.4) is 0 Å². The fraction of sp³-hybridized carbons (Fsp3) is 0.762. The Bertz CT molecular complexity index is 573. The lowest BCUT2D eigenvalue weighted by atomic mass is 9.88. The Morgan fingerprint density at radius 1 is 1.19 bits per heavy atom. The number of nitrogens with zero attached hydrogens (tertiary/aromatic N) is 3. The second-order valence-corrected chi connectivity index (χ2v) is 8.93. The molecule has 0 aliphatic carbocycles. The van der Waals surface area contributed by atoms with Gasteiger partial charge in [0.15, 0.2) is 5.96 Å². The lowest BCUT2D eigenvalue weighted by Crippen LogP contribution is -2.50. The summed E-state index contributed by atoms with van der Waals surface area (Å²) < 4.78 is 0. The fourth-order valence-electron chi connectivity index (χ4n) is 4.75. The highest BCUT2D eigenvalue weighted by Gasteiger charge is 2.31. The molecule has 1 aromatic rings.